The number of nitrogens with zero attached hydrogens (tertiary/aromatic N) is 3. The van der Waals surface area contributed by atoms with Crippen molar-refractivity contribution in [1.29, 1.82) is 5.26 Å². The summed E-state index contributed by atoms with van der Waals surface area (Å²) in [6.07, 6.45) is 3.35. The fraction of sp³-hybridized carbons (Fsp3) is 0.500. The van der Waals surface area contributed by atoms with Gasteiger partial charge in [0.25, 0.3) is 0 Å². The van der Waals surface area contributed by atoms with E-state index in [0.29, 0.717) is 11.5 Å². The van der Waals surface area contributed by atoms with Crippen LogP contribution in [0.2, 0.25) is 0 Å². The number of hydrogen-bond acceptors (Lipinski definition) is 3. The first-order valence-corrected chi connectivity index (χ1v) is 3.89. The van der Waals surface area contributed by atoms with Crippen molar-refractivity contribution in [3.05, 3.63) is 18.0 Å². The number of nitriles is 1. The lowest BCUT2D eigenvalue weighted by molar-refractivity contribution is -0.0408. The Morgan fingerprint density at radius 1 is 1.75 bits per heavy atom. The summed E-state index contributed by atoms with van der Waals surface area (Å²) in [5.74, 6) is 0.580. The highest BCUT2D eigenvalue weighted by Gasteiger charge is 2.18. The van der Waals surface area contributed by atoms with Gasteiger partial charge in [-0.05, 0) is 0 Å². The smallest absolute Gasteiger partial charge is 0.102 e. The molecule has 0 radical (unpaired) electrons. The predicted octanol–water partition coefficient (Wildman–Crippen LogP) is 0.401. The van der Waals surface area contributed by atoms with E-state index in [-0.39, 0.29) is 0 Å². The second-order valence-electron chi connectivity index (χ2n) is 2.97. The van der Waals surface area contributed by atoms with Gasteiger partial charge in [0.1, 0.15) is 6.07 Å². The second kappa shape index (κ2) is 2.95. The van der Waals surface area contributed by atoms with Gasteiger partial charge in [-0.2, -0.15) is 10.4 Å². The first kappa shape index (κ1) is 7.32. The van der Waals surface area contributed by atoms with Gasteiger partial charge in [0, 0.05) is 18.7 Å². The summed E-state index contributed by atoms with van der Waals surface area (Å²) in [5.41, 5.74) is 0.621. The molecule has 0 unspecified atom stereocenters. The largest absolute Gasteiger partial charge is 0.381 e. The Bertz CT molecular complexity index is 308. The monoisotopic (exact) mass is 163 g/mol. The number of rotatable bonds is 2. The summed E-state index contributed by atoms with van der Waals surface area (Å²) in [7, 11) is 0. The molecule has 12 heavy (non-hydrogen) atoms. The zero-order valence-corrected chi connectivity index (χ0v) is 6.60. The molecule has 1 aromatic rings. The van der Waals surface area contributed by atoms with Gasteiger partial charge in [0.15, 0.2) is 0 Å². The van der Waals surface area contributed by atoms with Crippen LogP contribution in [0.25, 0.3) is 0 Å². The third-order valence-electron chi connectivity index (χ3n) is 1.91. The van der Waals surface area contributed by atoms with Crippen LogP contribution in [0.4, 0.5) is 0 Å². The Balaban J connectivity index is 1.99. The molecule has 2 rings (SSSR count). The molecular weight excluding hydrogens is 154 g/mol. The average Bonchev–Trinajstić information content (AvgIpc) is 2.44. The van der Waals surface area contributed by atoms with Crippen LogP contribution >= 0.6 is 0 Å². The molecule has 0 atom stereocenters. The Kier molecular flexibility index (Phi) is 1.80. The summed E-state index contributed by atoms with van der Waals surface area (Å²) < 4.78 is 6.83. The van der Waals surface area contributed by atoms with Gasteiger partial charge >= 0.3 is 0 Å². The summed E-state index contributed by atoms with van der Waals surface area (Å²) in [4.78, 5) is 0. The Labute approximate surface area is 70.4 Å². The van der Waals surface area contributed by atoms with Gasteiger partial charge in [0.2, 0.25) is 0 Å². The van der Waals surface area contributed by atoms with Gasteiger partial charge in [-0.1, -0.05) is 0 Å². The van der Waals surface area contributed by atoms with Crippen LogP contribution < -0.4 is 0 Å². The van der Waals surface area contributed by atoms with Crippen LogP contribution in [0, 0.1) is 17.2 Å². The molecule has 2 heterocycles. The maximum absolute atomic E-state index is 8.53. The summed E-state index contributed by atoms with van der Waals surface area (Å²) in [6.45, 7) is 2.51. The molecule has 1 aromatic heterocycles. The van der Waals surface area contributed by atoms with Crippen molar-refractivity contribution >= 4 is 0 Å². The SMILES string of the molecule is N#Cc1cnn(CC2COC2)c1. The standard InChI is InChI=1S/C8H9N3O/c9-1-7-2-10-11(3-7)4-8-5-12-6-8/h2-3,8H,4-6H2. The third kappa shape index (κ3) is 1.31. The molecule has 1 fully saturated rings. The molecule has 0 amide bonds. The van der Waals surface area contributed by atoms with E-state index in [9.17, 15) is 0 Å². The molecule has 1 aliphatic rings. The molecule has 1 aliphatic heterocycles. The van der Waals surface area contributed by atoms with Crippen molar-refractivity contribution < 1.29 is 4.74 Å². The van der Waals surface area contributed by atoms with E-state index in [2.05, 4.69) is 5.10 Å². The van der Waals surface area contributed by atoms with Gasteiger partial charge in [-0.3, -0.25) is 4.68 Å². The average molecular weight is 163 g/mol. The third-order valence-corrected chi connectivity index (χ3v) is 1.91. The summed E-state index contributed by atoms with van der Waals surface area (Å²) >= 11 is 0. The van der Waals surface area contributed by atoms with E-state index in [1.807, 2.05) is 6.07 Å². The summed E-state index contributed by atoms with van der Waals surface area (Å²) in [5, 5.41) is 12.6. The van der Waals surface area contributed by atoms with Crippen molar-refractivity contribution in [3.63, 3.8) is 0 Å². The van der Waals surface area contributed by atoms with E-state index in [1.165, 1.54) is 0 Å². The minimum absolute atomic E-state index is 0.580. The zero-order valence-electron chi connectivity index (χ0n) is 6.60. The Morgan fingerprint density at radius 3 is 3.08 bits per heavy atom. The molecule has 0 aliphatic carbocycles. The van der Waals surface area contributed by atoms with Crippen LogP contribution in [0.1, 0.15) is 5.56 Å². The van der Waals surface area contributed by atoms with Crippen molar-refractivity contribution in [2.45, 2.75) is 6.54 Å². The number of aromatic nitrogens is 2. The molecule has 0 N–H and O–H groups in total. The molecule has 0 saturated carbocycles. The maximum Gasteiger partial charge on any atom is 0.102 e. The van der Waals surface area contributed by atoms with Crippen molar-refractivity contribution in [2.24, 2.45) is 5.92 Å². The van der Waals surface area contributed by atoms with Gasteiger partial charge in [0.05, 0.1) is 25.0 Å². The first-order chi connectivity index (χ1) is 5.88. The van der Waals surface area contributed by atoms with Gasteiger partial charge < -0.3 is 4.74 Å². The fourth-order valence-corrected chi connectivity index (χ4v) is 1.18. The lowest BCUT2D eigenvalue weighted by Gasteiger charge is -2.25. The van der Waals surface area contributed by atoms with Crippen LogP contribution in [0.5, 0.6) is 0 Å². The molecule has 4 heteroatoms. The first-order valence-electron chi connectivity index (χ1n) is 3.89. The number of hydrogen-bond donors (Lipinski definition) is 0. The zero-order chi connectivity index (χ0) is 8.39. The van der Waals surface area contributed by atoms with Gasteiger partial charge in [-0.15, -0.1) is 0 Å². The van der Waals surface area contributed by atoms with Crippen molar-refractivity contribution in [2.75, 3.05) is 13.2 Å². The minimum Gasteiger partial charge on any atom is -0.381 e. The highest BCUT2D eigenvalue weighted by molar-refractivity contribution is 5.21. The van der Waals surface area contributed by atoms with Crippen molar-refractivity contribution in [3.8, 4) is 6.07 Å². The van der Waals surface area contributed by atoms with E-state index in [1.54, 1.807) is 17.1 Å². The molecule has 0 aromatic carbocycles. The molecule has 62 valence electrons. The highest BCUT2D eigenvalue weighted by Crippen LogP contribution is 2.12. The van der Waals surface area contributed by atoms with E-state index in [4.69, 9.17) is 10.00 Å². The minimum atomic E-state index is 0.580. The molecule has 0 bridgehead atoms. The normalized spacial score (nSPS) is 16.9. The van der Waals surface area contributed by atoms with Crippen LogP contribution in [0.15, 0.2) is 12.4 Å². The second-order valence-corrected chi connectivity index (χ2v) is 2.97. The highest BCUT2D eigenvalue weighted by atomic mass is 16.5. The lowest BCUT2D eigenvalue weighted by Crippen LogP contribution is -2.31. The Morgan fingerprint density at radius 2 is 2.58 bits per heavy atom. The summed E-state index contributed by atoms with van der Waals surface area (Å²) in [6, 6.07) is 2.04. The van der Waals surface area contributed by atoms with E-state index in [0.717, 1.165) is 19.8 Å². The number of ether oxygens (including phenoxy) is 1. The van der Waals surface area contributed by atoms with Crippen LogP contribution in [0.3, 0.4) is 0 Å². The van der Waals surface area contributed by atoms with Crippen molar-refractivity contribution in [1.82, 2.24) is 9.78 Å². The lowest BCUT2D eigenvalue weighted by atomic mass is 10.1. The fourth-order valence-electron chi connectivity index (χ4n) is 1.18. The maximum atomic E-state index is 8.53. The van der Waals surface area contributed by atoms with Crippen LogP contribution in [-0.2, 0) is 11.3 Å². The van der Waals surface area contributed by atoms with Crippen LogP contribution in [-0.4, -0.2) is 23.0 Å². The molecule has 0 spiro atoms. The Hall–Kier alpha value is -1.34. The quantitative estimate of drug-likeness (QED) is 0.634. The topological polar surface area (TPSA) is 50.8 Å². The molecule has 1 saturated heterocycles. The molecular formula is C8H9N3O. The van der Waals surface area contributed by atoms with E-state index < -0.39 is 0 Å². The van der Waals surface area contributed by atoms with Gasteiger partial charge in [-0.25, -0.2) is 0 Å². The van der Waals surface area contributed by atoms with E-state index >= 15 is 0 Å². The molecule has 4 nitrogen and oxygen atoms in total. The predicted molar refractivity (Wildman–Crippen MR) is 41.3 cm³/mol.